The highest BCUT2D eigenvalue weighted by molar-refractivity contribution is 5.34. The molecule has 0 spiro atoms. The van der Waals surface area contributed by atoms with Crippen molar-refractivity contribution in [2.45, 2.75) is 13.5 Å². The molecule has 0 radical (unpaired) electrons. The topological polar surface area (TPSA) is 21.3 Å². The fourth-order valence-electron chi connectivity index (χ4n) is 1.64. The maximum absolute atomic E-state index is 13.8. The molecule has 2 aromatic rings. The molecule has 0 bridgehead atoms. The summed E-state index contributed by atoms with van der Waals surface area (Å²) in [7, 11) is 0. The second-order valence-electron chi connectivity index (χ2n) is 4.10. The van der Waals surface area contributed by atoms with Crippen LogP contribution in [-0.2, 0) is 6.54 Å². The van der Waals surface area contributed by atoms with Crippen LogP contribution in [0.4, 0.5) is 8.78 Å². The van der Waals surface area contributed by atoms with Crippen molar-refractivity contribution in [1.82, 2.24) is 5.32 Å². The molecule has 0 saturated carbocycles. The number of hydrogen-bond acceptors (Lipinski definition) is 2. The molecule has 0 heterocycles. The molecule has 0 amide bonds. The van der Waals surface area contributed by atoms with Crippen molar-refractivity contribution in [3.05, 3.63) is 59.7 Å². The maximum Gasteiger partial charge on any atom is 0.166 e. The molecule has 2 rings (SSSR count). The van der Waals surface area contributed by atoms with E-state index in [1.165, 1.54) is 30.3 Å². The molecule has 0 aliphatic rings. The Kier molecular flexibility index (Phi) is 4.47. The van der Waals surface area contributed by atoms with E-state index in [0.717, 1.165) is 12.1 Å². The molecule has 0 atom stereocenters. The predicted molar refractivity (Wildman–Crippen MR) is 70.3 cm³/mol. The molecular formula is C15H15F2NO. The summed E-state index contributed by atoms with van der Waals surface area (Å²) in [5.41, 5.74) is 0.853. The van der Waals surface area contributed by atoms with Crippen LogP contribution in [0.1, 0.15) is 12.5 Å². The van der Waals surface area contributed by atoms with Gasteiger partial charge in [-0.2, -0.15) is 0 Å². The molecule has 100 valence electrons. The minimum absolute atomic E-state index is 0.131. The third-order valence-corrected chi connectivity index (χ3v) is 2.62. The smallest absolute Gasteiger partial charge is 0.166 e. The van der Waals surface area contributed by atoms with Crippen LogP contribution in [0.3, 0.4) is 0 Å². The third kappa shape index (κ3) is 3.76. The number of ether oxygens (including phenoxy) is 1. The van der Waals surface area contributed by atoms with Gasteiger partial charge in [-0.05, 0) is 48.5 Å². The van der Waals surface area contributed by atoms with Gasteiger partial charge in [0.15, 0.2) is 11.6 Å². The van der Waals surface area contributed by atoms with E-state index in [-0.39, 0.29) is 11.6 Å². The molecule has 2 aromatic carbocycles. The van der Waals surface area contributed by atoms with E-state index < -0.39 is 5.82 Å². The summed E-state index contributed by atoms with van der Waals surface area (Å²) in [6.45, 7) is 3.43. The highest BCUT2D eigenvalue weighted by Crippen LogP contribution is 2.25. The second-order valence-corrected chi connectivity index (χ2v) is 4.10. The van der Waals surface area contributed by atoms with Gasteiger partial charge in [0.05, 0.1) is 0 Å². The van der Waals surface area contributed by atoms with E-state index in [1.54, 1.807) is 12.1 Å². The van der Waals surface area contributed by atoms with Gasteiger partial charge in [0, 0.05) is 6.54 Å². The van der Waals surface area contributed by atoms with Crippen LogP contribution in [0.25, 0.3) is 0 Å². The third-order valence-electron chi connectivity index (χ3n) is 2.62. The summed E-state index contributed by atoms with van der Waals surface area (Å²) in [5.74, 6) is -0.250. The van der Waals surface area contributed by atoms with E-state index >= 15 is 0 Å². The van der Waals surface area contributed by atoms with Gasteiger partial charge in [-0.15, -0.1) is 0 Å². The zero-order valence-corrected chi connectivity index (χ0v) is 10.6. The number of nitrogens with one attached hydrogen (secondary N) is 1. The first-order valence-electron chi connectivity index (χ1n) is 6.11. The van der Waals surface area contributed by atoms with Gasteiger partial charge < -0.3 is 10.1 Å². The number of benzene rings is 2. The van der Waals surface area contributed by atoms with Gasteiger partial charge in [0.25, 0.3) is 0 Å². The van der Waals surface area contributed by atoms with E-state index in [1.807, 2.05) is 6.92 Å². The average Bonchev–Trinajstić information content (AvgIpc) is 2.41. The molecule has 0 aromatic heterocycles. The minimum Gasteiger partial charge on any atom is -0.454 e. The van der Waals surface area contributed by atoms with Crippen LogP contribution < -0.4 is 10.1 Å². The lowest BCUT2D eigenvalue weighted by Crippen LogP contribution is -2.11. The van der Waals surface area contributed by atoms with Gasteiger partial charge in [-0.25, -0.2) is 8.78 Å². The van der Waals surface area contributed by atoms with Crippen molar-refractivity contribution in [3.8, 4) is 11.5 Å². The molecule has 0 saturated heterocycles. The lowest BCUT2D eigenvalue weighted by molar-refractivity contribution is 0.440. The summed E-state index contributed by atoms with van der Waals surface area (Å²) in [6, 6.07) is 10.3. The normalized spacial score (nSPS) is 10.5. The molecule has 0 unspecified atom stereocenters. The number of hydrogen-bond donors (Lipinski definition) is 1. The lowest BCUT2D eigenvalue weighted by atomic mass is 10.2. The van der Waals surface area contributed by atoms with Crippen molar-refractivity contribution in [1.29, 1.82) is 0 Å². The summed E-state index contributed by atoms with van der Waals surface area (Å²) in [5, 5.41) is 3.12. The van der Waals surface area contributed by atoms with Crippen molar-refractivity contribution in [2.75, 3.05) is 6.54 Å². The molecular weight excluding hydrogens is 248 g/mol. The van der Waals surface area contributed by atoms with Crippen molar-refractivity contribution >= 4 is 0 Å². The summed E-state index contributed by atoms with van der Waals surface area (Å²) < 4.78 is 31.9. The zero-order chi connectivity index (χ0) is 13.7. The van der Waals surface area contributed by atoms with E-state index in [2.05, 4.69) is 5.32 Å². The van der Waals surface area contributed by atoms with Crippen molar-refractivity contribution < 1.29 is 13.5 Å². The van der Waals surface area contributed by atoms with Crippen LogP contribution in [0.5, 0.6) is 11.5 Å². The summed E-state index contributed by atoms with van der Waals surface area (Å²) in [4.78, 5) is 0. The summed E-state index contributed by atoms with van der Waals surface area (Å²) >= 11 is 0. The Hall–Kier alpha value is -1.94. The van der Waals surface area contributed by atoms with E-state index in [9.17, 15) is 8.78 Å². The van der Waals surface area contributed by atoms with Gasteiger partial charge in [-0.3, -0.25) is 0 Å². The molecule has 19 heavy (non-hydrogen) atoms. The summed E-state index contributed by atoms with van der Waals surface area (Å²) in [6.07, 6.45) is 0. The van der Waals surface area contributed by atoms with Crippen LogP contribution in [0.15, 0.2) is 42.5 Å². The monoisotopic (exact) mass is 263 g/mol. The second kappa shape index (κ2) is 6.29. The number of halogens is 2. The molecule has 2 nitrogen and oxygen atoms in total. The van der Waals surface area contributed by atoms with E-state index in [0.29, 0.717) is 12.3 Å². The molecule has 0 fully saturated rings. The molecule has 1 N–H and O–H groups in total. The van der Waals surface area contributed by atoms with Crippen molar-refractivity contribution in [2.24, 2.45) is 0 Å². The molecule has 4 heteroatoms. The first kappa shape index (κ1) is 13.5. The fourth-order valence-corrected chi connectivity index (χ4v) is 1.64. The van der Waals surface area contributed by atoms with Crippen molar-refractivity contribution in [3.63, 3.8) is 0 Å². The molecule has 0 aliphatic carbocycles. The van der Waals surface area contributed by atoms with E-state index in [4.69, 9.17) is 4.74 Å². The van der Waals surface area contributed by atoms with Gasteiger partial charge in [-0.1, -0.05) is 13.0 Å². The Bertz CT molecular complexity index is 540. The first-order chi connectivity index (χ1) is 9.19. The predicted octanol–water partition coefficient (Wildman–Crippen LogP) is 3.87. The SMILES string of the molecule is CCNCc1ccc(Oc2ccc(F)cc2)c(F)c1. The number of rotatable bonds is 5. The standard InChI is InChI=1S/C15H15F2NO/c1-2-18-10-11-3-8-15(14(17)9-11)19-13-6-4-12(16)5-7-13/h3-9,18H,2,10H2,1H3. The minimum atomic E-state index is -0.431. The highest BCUT2D eigenvalue weighted by atomic mass is 19.1. The quantitative estimate of drug-likeness (QED) is 0.884. The lowest BCUT2D eigenvalue weighted by Gasteiger charge is -2.08. The van der Waals surface area contributed by atoms with Crippen LogP contribution in [-0.4, -0.2) is 6.54 Å². The zero-order valence-electron chi connectivity index (χ0n) is 10.6. The van der Waals surface area contributed by atoms with Gasteiger partial charge in [0.2, 0.25) is 0 Å². The van der Waals surface area contributed by atoms with Gasteiger partial charge >= 0.3 is 0 Å². The Morgan fingerprint density at radius 3 is 2.42 bits per heavy atom. The Balaban J connectivity index is 2.10. The largest absolute Gasteiger partial charge is 0.454 e. The average molecular weight is 263 g/mol. The molecule has 0 aliphatic heterocycles. The Morgan fingerprint density at radius 2 is 1.79 bits per heavy atom. The van der Waals surface area contributed by atoms with Crippen LogP contribution in [0, 0.1) is 11.6 Å². The van der Waals surface area contributed by atoms with Crippen LogP contribution in [0.2, 0.25) is 0 Å². The fraction of sp³-hybridized carbons (Fsp3) is 0.200. The maximum atomic E-state index is 13.8. The van der Waals surface area contributed by atoms with Crippen LogP contribution >= 0.6 is 0 Å². The highest BCUT2D eigenvalue weighted by Gasteiger charge is 2.06. The first-order valence-corrected chi connectivity index (χ1v) is 6.11. The van der Waals surface area contributed by atoms with Gasteiger partial charge in [0.1, 0.15) is 11.6 Å². The Labute approximate surface area is 111 Å². The Morgan fingerprint density at radius 1 is 1.05 bits per heavy atom.